The lowest BCUT2D eigenvalue weighted by Crippen LogP contribution is -2.32. The molecule has 0 saturated heterocycles. The second-order valence-corrected chi connectivity index (χ2v) is 7.33. The standard InChI is InChI=1S/C18H16ClN3O3S/c1-20-17(24)10-3-2-4-12(7-10)21-16(23)9-15-18(25)22-13-8-11(19)5-6-14(13)26-15/h2-8,15H,9H2,1H3,(H,20,24)(H,21,23)(H,22,25). The zero-order valence-corrected chi connectivity index (χ0v) is 15.4. The number of anilines is 2. The van der Waals surface area contributed by atoms with Crippen molar-refractivity contribution in [1.29, 1.82) is 0 Å². The van der Waals surface area contributed by atoms with E-state index in [0.29, 0.717) is 22.0 Å². The Morgan fingerprint density at radius 1 is 1.23 bits per heavy atom. The fraction of sp³-hybridized carbons (Fsp3) is 0.167. The fourth-order valence-electron chi connectivity index (χ4n) is 2.52. The van der Waals surface area contributed by atoms with Gasteiger partial charge in [-0.1, -0.05) is 17.7 Å². The first-order valence-electron chi connectivity index (χ1n) is 7.85. The van der Waals surface area contributed by atoms with Gasteiger partial charge in [0.2, 0.25) is 11.8 Å². The molecular weight excluding hydrogens is 374 g/mol. The van der Waals surface area contributed by atoms with Crippen molar-refractivity contribution in [3.05, 3.63) is 53.1 Å². The second kappa shape index (κ2) is 7.80. The number of thioether (sulfide) groups is 1. The molecule has 0 bridgehead atoms. The quantitative estimate of drug-likeness (QED) is 0.749. The van der Waals surface area contributed by atoms with Crippen molar-refractivity contribution in [3.8, 4) is 0 Å². The summed E-state index contributed by atoms with van der Waals surface area (Å²) in [6, 6.07) is 11.9. The van der Waals surface area contributed by atoms with E-state index in [1.807, 2.05) is 6.07 Å². The molecule has 1 unspecified atom stereocenters. The summed E-state index contributed by atoms with van der Waals surface area (Å²) in [5.41, 5.74) is 1.60. The molecule has 0 saturated carbocycles. The summed E-state index contributed by atoms with van der Waals surface area (Å²) in [4.78, 5) is 37.1. The summed E-state index contributed by atoms with van der Waals surface area (Å²) in [7, 11) is 1.54. The van der Waals surface area contributed by atoms with Crippen LogP contribution in [0.15, 0.2) is 47.4 Å². The molecule has 1 atom stereocenters. The normalized spacial score (nSPS) is 15.6. The summed E-state index contributed by atoms with van der Waals surface area (Å²) in [5.74, 6) is -0.776. The highest BCUT2D eigenvalue weighted by molar-refractivity contribution is 8.01. The molecule has 26 heavy (non-hydrogen) atoms. The number of fused-ring (bicyclic) bond motifs is 1. The first-order chi connectivity index (χ1) is 12.5. The average molecular weight is 390 g/mol. The fourth-order valence-corrected chi connectivity index (χ4v) is 3.78. The molecule has 3 N–H and O–H groups in total. The van der Waals surface area contributed by atoms with E-state index in [0.717, 1.165) is 4.90 Å². The van der Waals surface area contributed by atoms with Gasteiger partial charge in [0.25, 0.3) is 5.91 Å². The van der Waals surface area contributed by atoms with Gasteiger partial charge in [0.05, 0.1) is 10.9 Å². The van der Waals surface area contributed by atoms with E-state index in [-0.39, 0.29) is 24.1 Å². The summed E-state index contributed by atoms with van der Waals surface area (Å²) in [5, 5.41) is 8.04. The molecule has 0 aromatic heterocycles. The van der Waals surface area contributed by atoms with Crippen LogP contribution in [-0.2, 0) is 9.59 Å². The van der Waals surface area contributed by atoms with Crippen molar-refractivity contribution in [2.45, 2.75) is 16.6 Å². The minimum atomic E-state index is -0.536. The van der Waals surface area contributed by atoms with Gasteiger partial charge in [-0.25, -0.2) is 0 Å². The number of benzene rings is 2. The third-order valence-corrected chi connectivity index (χ3v) is 5.28. The van der Waals surface area contributed by atoms with Crippen LogP contribution in [0.5, 0.6) is 0 Å². The van der Waals surface area contributed by atoms with Gasteiger partial charge in [-0.15, -0.1) is 11.8 Å². The Balaban J connectivity index is 1.66. The van der Waals surface area contributed by atoms with Crippen molar-refractivity contribution in [3.63, 3.8) is 0 Å². The zero-order valence-electron chi connectivity index (χ0n) is 13.8. The van der Waals surface area contributed by atoms with Crippen LogP contribution in [0, 0.1) is 0 Å². The lowest BCUT2D eigenvalue weighted by molar-refractivity contribution is -0.120. The maximum atomic E-state index is 12.3. The number of amides is 3. The number of hydrogen-bond donors (Lipinski definition) is 3. The van der Waals surface area contributed by atoms with E-state index in [2.05, 4.69) is 16.0 Å². The first kappa shape index (κ1) is 18.3. The predicted molar refractivity (Wildman–Crippen MR) is 103 cm³/mol. The molecule has 3 rings (SSSR count). The summed E-state index contributed by atoms with van der Waals surface area (Å²) < 4.78 is 0. The third-order valence-electron chi connectivity index (χ3n) is 3.77. The van der Waals surface area contributed by atoms with Crippen LogP contribution in [0.2, 0.25) is 5.02 Å². The van der Waals surface area contributed by atoms with E-state index in [4.69, 9.17) is 11.6 Å². The molecule has 0 spiro atoms. The van der Waals surface area contributed by atoms with Crippen molar-refractivity contribution in [1.82, 2.24) is 5.32 Å². The van der Waals surface area contributed by atoms with E-state index in [1.165, 1.54) is 18.8 Å². The van der Waals surface area contributed by atoms with Crippen molar-refractivity contribution >= 4 is 52.5 Å². The second-order valence-electron chi connectivity index (χ2n) is 5.65. The SMILES string of the molecule is CNC(=O)c1cccc(NC(=O)CC2Sc3ccc(Cl)cc3NC2=O)c1. The van der Waals surface area contributed by atoms with Gasteiger partial charge in [-0.2, -0.15) is 0 Å². The lowest BCUT2D eigenvalue weighted by Gasteiger charge is -2.23. The van der Waals surface area contributed by atoms with Crippen LogP contribution < -0.4 is 16.0 Å². The van der Waals surface area contributed by atoms with Crippen LogP contribution in [0.1, 0.15) is 16.8 Å². The molecule has 2 aromatic rings. The number of nitrogens with one attached hydrogen (secondary N) is 3. The van der Waals surface area contributed by atoms with E-state index < -0.39 is 5.25 Å². The number of carbonyl (C=O) groups is 3. The Kier molecular flexibility index (Phi) is 5.49. The summed E-state index contributed by atoms with van der Waals surface area (Å²) in [6.07, 6.45) is 0.0166. The monoisotopic (exact) mass is 389 g/mol. The van der Waals surface area contributed by atoms with Gasteiger partial charge in [-0.3, -0.25) is 14.4 Å². The van der Waals surface area contributed by atoms with Crippen molar-refractivity contribution in [2.24, 2.45) is 0 Å². The van der Waals surface area contributed by atoms with Gasteiger partial charge in [0, 0.05) is 34.6 Å². The molecule has 8 heteroatoms. The van der Waals surface area contributed by atoms with Gasteiger partial charge in [0.15, 0.2) is 0 Å². The Morgan fingerprint density at radius 3 is 2.81 bits per heavy atom. The van der Waals surface area contributed by atoms with Gasteiger partial charge < -0.3 is 16.0 Å². The molecule has 0 radical (unpaired) electrons. The lowest BCUT2D eigenvalue weighted by atomic mass is 10.2. The van der Waals surface area contributed by atoms with Gasteiger partial charge in [0.1, 0.15) is 0 Å². The minimum absolute atomic E-state index is 0.0166. The Hall–Kier alpha value is -2.51. The van der Waals surface area contributed by atoms with Crippen LogP contribution >= 0.6 is 23.4 Å². The Morgan fingerprint density at radius 2 is 2.04 bits per heavy atom. The molecule has 0 fully saturated rings. The van der Waals surface area contributed by atoms with Crippen molar-refractivity contribution < 1.29 is 14.4 Å². The maximum absolute atomic E-state index is 12.3. The topological polar surface area (TPSA) is 87.3 Å². The number of hydrogen-bond acceptors (Lipinski definition) is 4. The van der Waals surface area contributed by atoms with E-state index >= 15 is 0 Å². The molecule has 134 valence electrons. The summed E-state index contributed by atoms with van der Waals surface area (Å²) in [6.45, 7) is 0. The van der Waals surface area contributed by atoms with Crippen LogP contribution in [-0.4, -0.2) is 30.0 Å². The number of carbonyl (C=O) groups excluding carboxylic acids is 3. The molecule has 1 aliphatic heterocycles. The zero-order chi connectivity index (χ0) is 18.7. The molecule has 1 heterocycles. The predicted octanol–water partition coefficient (Wildman–Crippen LogP) is 3.14. The Bertz CT molecular complexity index is 888. The molecular formula is C18H16ClN3O3S. The largest absolute Gasteiger partial charge is 0.355 e. The van der Waals surface area contributed by atoms with Crippen LogP contribution in [0.25, 0.3) is 0 Å². The number of halogens is 1. The Labute approximate surface area is 159 Å². The third kappa shape index (κ3) is 4.17. The maximum Gasteiger partial charge on any atom is 0.251 e. The molecule has 2 aromatic carbocycles. The highest BCUT2D eigenvalue weighted by Gasteiger charge is 2.29. The van der Waals surface area contributed by atoms with Crippen molar-refractivity contribution in [2.75, 3.05) is 17.7 Å². The van der Waals surface area contributed by atoms with Gasteiger partial charge >= 0.3 is 0 Å². The van der Waals surface area contributed by atoms with E-state index in [1.54, 1.807) is 36.4 Å². The molecule has 0 aliphatic carbocycles. The highest BCUT2D eigenvalue weighted by atomic mass is 35.5. The molecule has 3 amide bonds. The minimum Gasteiger partial charge on any atom is -0.355 e. The molecule has 6 nitrogen and oxygen atoms in total. The average Bonchev–Trinajstić information content (AvgIpc) is 2.62. The van der Waals surface area contributed by atoms with Crippen LogP contribution in [0.4, 0.5) is 11.4 Å². The smallest absolute Gasteiger partial charge is 0.251 e. The summed E-state index contributed by atoms with van der Waals surface area (Å²) >= 11 is 7.26. The van der Waals surface area contributed by atoms with E-state index in [9.17, 15) is 14.4 Å². The highest BCUT2D eigenvalue weighted by Crippen LogP contribution is 2.38. The molecule has 1 aliphatic rings. The number of rotatable bonds is 4. The first-order valence-corrected chi connectivity index (χ1v) is 9.11. The van der Waals surface area contributed by atoms with Crippen LogP contribution in [0.3, 0.4) is 0 Å². The van der Waals surface area contributed by atoms with Gasteiger partial charge in [-0.05, 0) is 36.4 Å².